The summed E-state index contributed by atoms with van der Waals surface area (Å²) in [5.41, 5.74) is 0.482. The van der Waals surface area contributed by atoms with Crippen molar-refractivity contribution in [3.8, 4) is 5.75 Å². The van der Waals surface area contributed by atoms with Gasteiger partial charge in [-0.3, -0.25) is 9.36 Å². The molecule has 0 aliphatic heterocycles. The average molecular weight is 380 g/mol. The van der Waals surface area contributed by atoms with Gasteiger partial charge in [0, 0.05) is 16.2 Å². The minimum absolute atomic E-state index is 0.232. The lowest BCUT2D eigenvalue weighted by molar-refractivity contribution is 0.0827. The zero-order valence-corrected chi connectivity index (χ0v) is 16.1. The number of methoxy groups -OCH3 is 1. The van der Waals surface area contributed by atoms with E-state index in [1.54, 1.807) is 62.6 Å². The molecule has 27 heavy (non-hydrogen) atoms. The van der Waals surface area contributed by atoms with Gasteiger partial charge in [0.1, 0.15) is 11.9 Å². The molecule has 3 rings (SSSR count). The summed E-state index contributed by atoms with van der Waals surface area (Å²) in [6.07, 6.45) is -0.871. The standard InChI is InChI=1S/C22H21O4P/c1-17(22(23)18-13-15-19(25-2)16-14-18)26-27(24,20-9-5-3-6-10-20)21-11-7-4-8-12-21/h3-17H,1-2H3. The highest BCUT2D eigenvalue weighted by atomic mass is 31.2. The third kappa shape index (κ3) is 4.19. The van der Waals surface area contributed by atoms with Gasteiger partial charge in [0.15, 0.2) is 5.78 Å². The number of ether oxygens (including phenoxy) is 1. The molecule has 138 valence electrons. The highest BCUT2D eigenvalue weighted by Gasteiger charge is 2.33. The van der Waals surface area contributed by atoms with Crippen LogP contribution in [0.5, 0.6) is 5.75 Å². The van der Waals surface area contributed by atoms with Crippen LogP contribution in [-0.2, 0) is 9.09 Å². The number of carbonyl (C=O) groups excluding carboxylic acids is 1. The fourth-order valence-electron chi connectivity index (χ4n) is 2.78. The molecule has 0 saturated heterocycles. The summed E-state index contributed by atoms with van der Waals surface area (Å²) in [5, 5.41) is 1.12. The molecule has 3 aromatic rings. The number of hydrogen-bond donors (Lipinski definition) is 0. The molecule has 0 aliphatic carbocycles. The summed E-state index contributed by atoms with van der Waals surface area (Å²) in [4.78, 5) is 12.8. The van der Waals surface area contributed by atoms with Crippen molar-refractivity contribution in [3.63, 3.8) is 0 Å². The normalized spacial score (nSPS) is 12.4. The SMILES string of the molecule is COc1ccc(C(=O)C(C)OP(=O)(c2ccccc2)c2ccccc2)cc1. The summed E-state index contributed by atoms with van der Waals surface area (Å²) in [6.45, 7) is 1.63. The monoisotopic (exact) mass is 380 g/mol. The van der Waals surface area contributed by atoms with E-state index in [0.29, 0.717) is 21.9 Å². The molecule has 0 heterocycles. The fraction of sp³-hybridized carbons (Fsp3) is 0.136. The van der Waals surface area contributed by atoms with Crippen LogP contribution in [0.25, 0.3) is 0 Å². The Labute approximate surface area is 159 Å². The van der Waals surface area contributed by atoms with E-state index in [4.69, 9.17) is 9.26 Å². The van der Waals surface area contributed by atoms with Crippen LogP contribution in [0.4, 0.5) is 0 Å². The van der Waals surface area contributed by atoms with Gasteiger partial charge in [-0.2, -0.15) is 0 Å². The van der Waals surface area contributed by atoms with Gasteiger partial charge >= 0.3 is 0 Å². The molecular weight excluding hydrogens is 359 g/mol. The van der Waals surface area contributed by atoms with Crippen LogP contribution in [-0.4, -0.2) is 19.0 Å². The second-order valence-corrected chi connectivity index (χ2v) is 8.41. The van der Waals surface area contributed by atoms with Crippen molar-refractivity contribution < 1.29 is 18.6 Å². The molecule has 0 bridgehead atoms. The minimum atomic E-state index is -3.42. The number of carbonyl (C=O) groups is 1. The van der Waals surface area contributed by atoms with Crippen molar-refractivity contribution >= 4 is 23.8 Å². The maximum atomic E-state index is 13.9. The summed E-state index contributed by atoms with van der Waals surface area (Å²) in [6, 6.07) is 24.8. The van der Waals surface area contributed by atoms with Crippen molar-refractivity contribution in [1.82, 2.24) is 0 Å². The first-order chi connectivity index (χ1) is 13.0. The van der Waals surface area contributed by atoms with Crippen LogP contribution >= 0.6 is 7.37 Å². The highest BCUT2D eigenvalue weighted by molar-refractivity contribution is 7.74. The van der Waals surface area contributed by atoms with Gasteiger partial charge in [0.05, 0.1) is 7.11 Å². The molecule has 5 heteroatoms. The Kier molecular flexibility index (Phi) is 5.90. The lowest BCUT2D eigenvalue weighted by atomic mass is 10.1. The maximum Gasteiger partial charge on any atom is 0.261 e. The average Bonchev–Trinajstić information content (AvgIpc) is 2.74. The minimum Gasteiger partial charge on any atom is -0.497 e. The summed E-state index contributed by atoms with van der Waals surface area (Å²) in [7, 11) is -1.85. The van der Waals surface area contributed by atoms with E-state index in [2.05, 4.69) is 0 Å². The maximum absolute atomic E-state index is 13.9. The topological polar surface area (TPSA) is 52.6 Å². The first-order valence-corrected chi connectivity index (χ1v) is 10.2. The largest absolute Gasteiger partial charge is 0.497 e. The van der Waals surface area contributed by atoms with Gasteiger partial charge in [-0.05, 0) is 55.5 Å². The number of benzene rings is 3. The highest BCUT2D eigenvalue weighted by Crippen LogP contribution is 2.46. The van der Waals surface area contributed by atoms with E-state index in [9.17, 15) is 9.36 Å². The second-order valence-electron chi connectivity index (χ2n) is 6.06. The number of ketones is 1. The molecule has 0 aromatic heterocycles. The molecule has 0 fully saturated rings. The zero-order chi connectivity index (χ0) is 19.3. The van der Waals surface area contributed by atoms with Gasteiger partial charge in [0.2, 0.25) is 0 Å². The molecule has 0 radical (unpaired) electrons. The molecule has 1 atom stereocenters. The molecule has 1 unspecified atom stereocenters. The van der Waals surface area contributed by atoms with Gasteiger partial charge in [-0.1, -0.05) is 36.4 Å². The van der Waals surface area contributed by atoms with E-state index in [-0.39, 0.29) is 5.78 Å². The predicted molar refractivity (Wildman–Crippen MR) is 108 cm³/mol. The Hall–Kier alpha value is -2.68. The van der Waals surface area contributed by atoms with Crippen LogP contribution in [0.1, 0.15) is 17.3 Å². The Balaban J connectivity index is 1.92. The fourth-order valence-corrected chi connectivity index (χ4v) is 4.99. The van der Waals surface area contributed by atoms with E-state index >= 15 is 0 Å². The van der Waals surface area contributed by atoms with E-state index < -0.39 is 13.5 Å². The molecular formula is C22H21O4P. The smallest absolute Gasteiger partial charge is 0.261 e. The summed E-state index contributed by atoms with van der Waals surface area (Å²) >= 11 is 0. The lowest BCUT2D eigenvalue weighted by Gasteiger charge is -2.23. The van der Waals surface area contributed by atoms with Gasteiger partial charge in [0.25, 0.3) is 7.37 Å². The molecule has 3 aromatic carbocycles. The van der Waals surface area contributed by atoms with Crippen molar-refractivity contribution in [2.24, 2.45) is 0 Å². The first-order valence-electron chi connectivity index (χ1n) is 8.62. The van der Waals surface area contributed by atoms with Gasteiger partial charge in [-0.25, -0.2) is 0 Å². The Morgan fingerprint density at radius 2 is 1.30 bits per heavy atom. The Bertz CT molecular complexity index is 894. The third-order valence-corrected chi connectivity index (χ3v) is 6.81. The van der Waals surface area contributed by atoms with E-state index in [1.807, 2.05) is 36.4 Å². The number of rotatable bonds is 7. The van der Waals surface area contributed by atoms with Crippen LogP contribution in [0.3, 0.4) is 0 Å². The molecule has 0 spiro atoms. The van der Waals surface area contributed by atoms with E-state index in [1.165, 1.54) is 0 Å². The first kappa shape index (κ1) is 19.1. The summed E-state index contributed by atoms with van der Waals surface area (Å²) in [5.74, 6) is 0.434. The molecule has 0 aliphatic rings. The molecule has 0 N–H and O–H groups in total. The van der Waals surface area contributed by atoms with Crippen LogP contribution in [0, 0.1) is 0 Å². The third-order valence-electron chi connectivity index (χ3n) is 4.24. The van der Waals surface area contributed by atoms with E-state index in [0.717, 1.165) is 0 Å². The predicted octanol–water partition coefficient (Wildman–Crippen LogP) is 4.21. The molecule has 0 amide bonds. The van der Waals surface area contributed by atoms with Crippen LogP contribution in [0.15, 0.2) is 84.9 Å². The van der Waals surface area contributed by atoms with Crippen molar-refractivity contribution in [3.05, 3.63) is 90.5 Å². The van der Waals surface area contributed by atoms with Crippen molar-refractivity contribution in [2.45, 2.75) is 13.0 Å². The van der Waals surface area contributed by atoms with Crippen LogP contribution < -0.4 is 15.3 Å². The lowest BCUT2D eigenvalue weighted by Crippen LogP contribution is -2.26. The van der Waals surface area contributed by atoms with Gasteiger partial charge < -0.3 is 9.26 Å². The number of hydrogen-bond acceptors (Lipinski definition) is 4. The van der Waals surface area contributed by atoms with Gasteiger partial charge in [-0.15, -0.1) is 0 Å². The number of Topliss-reactive ketones (excluding diaryl/α,β-unsaturated/α-hetero) is 1. The Morgan fingerprint density at radius 1 is 0.815 bits per heavy atom. The Morgan fingerprint density at radius 3 is 1.74 bits per heavy atom. The zero-order valence-electron chi connectivity index (χ0n) is 15.2. The van der Waals surface area contributed by atoms with Crippen molar-refractivity contribution in [2.75, 3.05) is 7.11 Å². The second kappa shape index (κ2) is 8.34. The van der Waals surface area contributed by atoms with Crippen molar-refractivity contribution in [1.29, 1.82) is 0 Å². The quantitative estimate of drug-likeness (QED) is 0.455. The summed E-state index contributed by atoms with van der Waals surface area (Å²) < 4.78 is 24.9. The molecule has 4 nitrogen and oxygen atoms in total. The van der Waals surface area contributed by atoms with Crippen LogP contribution in [0.2, 0.25) is 0 Å². The molecule has 0 saturated carbocycles.